The van der Waals surface area contributed by atoms with Gasteiger partial charge in [-0.05, 0) is 87.1 Å². The van der Waals surface area contributed by atoms with Crippen molar-refractivity contribution in [2.75, 3.05) is 32.7 Å². The number of nitrogens with zero attached hydrogens (tertiary/aromatic N) is 3. The van der Waals surface area contributed by atoms with E-state index in [-0.39, 0.29) is 0 Å². The minimum absolute atomic E-state index is 0.518. The molecule has 4 nitrogen and oxygen atoms in total. The van der Waals surface area contributed by atoms with Gasteiger partial charge in [-0.3, -0.25) is 9.80 Å². The first-order valence-corrected chi connectivity index (χ1v) is 11.4. The van der Waals surface area contributed by atoms with Crippen LogP contribution in [0.3, 0.4) is 0 Å². The van der Waals surface area contributed by atoms with Gasteiger partial charge in [-0.15, -0.1) is 0 Å². The van der Waals surface area contributed by atoms with Crippen LogP contribution in [0.25, 0.3) is 0 Å². The maximum atomic E-state index is 8.56. The molecule has 2 aliphatic heterocycles. The molecule has 30 heavy (non-hydrogen) atoms. The Labute approximate surface area is 182 Å². The molecule has 4 rings (SSSR count). The van der Waals surface area contributed by atoms with Crippen LogP contribution in [0.1, 0.15) is 47.9 Å². The van der Waals surface area contributed by atoms with Gasteiger partial charge in [-0.25, -0.2) is 0 Å². The smallest absolute Gasteiger partial charge is 0.0669 e. The summed E-state index contributed by atoms with van der Waals surface area (Å²) in [5.74, 6) is 0. The Morgan fingerprint density at radius 1 is 0.667 bits per heavy atom. The van der Waals surface area contributed by atoms with E-state index in [9.17, 15) is 0 Å². The molecule has 2 saturated heterocycles. The SMILES string of the molecule is N#CCc1ccc(CN2CCCC2)cc1.NCCc1ccc(CN2CCCC2)cc1. The van der Waals surface area contributed by atoms with Gasteiger partial charge in [0.15, 0.2) is 0 Å². The number of likely N-dealkylation sites (tertiary alicyclic amines) is 2. The Balaban J connectivity index is 0.000000171. The van der Waals surface area contributed by atoms with Gasteiger partial charge in [0.1, 0.15) is 0 Å². The third kappa shape index (κ3) is 7.57. The highest BCUT2D eigenvalue weighted by molar-refractivity contribution is 5.24. The molecule has 2 heterocycles. The van der Waals surface area contributed by atoms with E-state index in [1.807, 2.05) is 0 Å². The van der Waals surface area contributed by atoms with Gasteiger partial charge in [-0.2, -0.15) is 5.26 Å². The second-order valence-corrected chi connectivity index (χ2v) is 8.47. The molecular formula is C26H36N4. The number of rotatable bonds is 7. The predicted molar refractivity (Wildman–Crippen MR) is 124 cm³/mol. The zero-order valence-corrected chi connectivity index (χ0v) is 18.2. The number of benzene rings is 2. The van der Waals surface area contributed by atoms with Gasteiger partial charge < -0.3 is 5.73 Å². The first kappa shape index (κ1) is 22.5. The lowest BCUT2D eigenvalue weighted by Crippen LogP contribution is -2.18. The van der Waals surface area contributed by atoms with Crippen molar-refractivity contribution >= 4 is 0 Å². The second kappa shape index (κ2) is 12.5. The molecule has 0 aliphatic carbocycles. The van der Waals surface area contributed by atoms with Gasteiger partial charge in [0, 0.05) is 13.1 Å². The fourth-order valence-corrected chi connectivity index (χ4v) is 4.23. The number of hydrogen-bond acceptors (Lipinski definition) is 4. The van der Waals surface area contributed by atoms with E-state index in [1.165, 1.54) is 68.6 Å². The average Bonchev–Trinajstić information content (AvgIpc) is 3.46. The molecule has 0 saturated carbocycles. The summed E-state index contributed by atoms with van der Waals surface area (Å²) in [5, 5.41) is 8.56. The summed E-state index contributed by atoms with van der Waals surface area (Å²) >= 11 is 0. The minimum Gasteiger partial charge on any atom is -0.330 e. The molecule has 0 bridgehead atoms. The van der Waals surface area contributed by atoms with Crippen molar-refractivity contribution in [2.24, 2.45) is 5.73 Å². The Bertz CT molecular complexity index is 764. The summed E-state index contributed by atoms with van der Waals surface area (Å²) in [7, 11) is 0. The molecule has 4 heteroatoms. The molecule has 2 fully saturated rings. The van der Waals surface area contributed by atoms with Gasteiger partial charge in [0.05, 0.1) is 12.5 Å². The maximum Gasteiger partial charge on any atom is 0.0669 e. The highest BCUT2D eigenvalue weighted by atomic mass is 15.1. The topological polar surface area (TPSA) is 56.3 Å². The van der Waals surface area contributed by atoms with Crippen LogP contribution >= 0.6 is 0 Å². The fraction of sp³-hybridized carbons (Fsp3) is 0.500. The third-order valence-electron chi connectivity index (χ3n) is 5.97. The van der Waals surface area contributed by atoms with E-state index < -0.39 is 0 Å². The molecule has 2 N–H and O–H groups in total. The Kier molecular flexibility index (Phi) is 9.37. The highest BCUT2D eigenvalue weighted by Gasteiger charge is 2.12. The van der Waals surface area contributed by atoms with Crippen molar-refractivity contribution < 1.29 is 0 Å². The molecule has 0 aromatic heterocycles. The molecule has 0 atom stereocenters. The molecule has 0 radical (unpaired) electrons. The van der Waals surface area contributed by atoms with E-state index in [0.717, 1.165) is 31.6 Å². The average molecular weight is 405 g/mol. The van der Waals surface area contributed by atoms with Crippen LogP contribution in [0.2, 0.25) is 0 Å². The van der Waals surface area contributed by atoms with Gasteiger partial charge >= 0.3 is 0 Å². The van der Waals surface area contributed by atoms with Crippen LogP contribution in [0.4, 0.5) is 0 Å². The zero-order valence-electron chi connectivity index (χ0n) is 18.2. The number of nitriles is 1. The summed E-state index contributed by atoms with van der Waals surface area (Å²) < 4.78 is 0. The molecule has 0 unspecified atom stereocenters. The summed E-state index contributed by atoms with van der Waals surface area (Å²) in [6.07, 6.45) is 6.92. The Morgan fingerprint density at radius 3 is 1.47 bits per heavy atom. The maximum absolute atomic E-state index is 8.56. The van der Waals surface area contributed by atoms with Crippen LogP contribution in [0.15, 0.2) is 48.5 Å². The molecule has 2 aromatic rings. The van der Waals surface area contributed by atoms with E-state index in [4.69, 9.17) is 11.0 Å². The van der Waals surface area contributed by atoms with Crippen LogP contribution in [-0.4, -0.2) is 42.5 Å². The van der Waals surface area contributed by atoms with E-state index in [0.29, 0.717) is 6.42 Å². The largest absolute Gasteiger partial charge is 0.330 e. The summed E-state index contributed by atoms with van der Waals surface area (Å²) in [6.45, 7) is 7.93. The summed E-state index contributed by atoms with van der Waals surface area (Å²) in [5.41, 5.74) is 10.8. The van der Waals surface area contributed by atoms with Crippen LogP contribution in [0, 0.1) is 11.3 Å². The van der Waals surface area contributed by atoms with Gasteiger partial charge in [0.25, 0.3) is 0 Å². The highest BCUT2D eigenvalue weighted by Crippen LogP contribution is 2.14. The lowest BCUT2D eigenvalue weighted by atomic mass is 10.1. The van der Waals surface area contributed by atoms with Gasteiger partial charge in [-0.1, -0.05) is 48.5 Å². The Hall–Kier alpha value is -2.19. The van der Waals surface area contributed by atoms with Crippen molar-refractivity contribution in [3.63, 3.8) is 0 Å². The van der Waals surface area contributed by atoms with Crippen molar-refractivity contribution in [1.82, 2.24) is 9.80 Å². The monoisotopic (exact) mass is 404 g/mol. The summed E-state index contributed by atoms with van der Waals surface area (Å²) in [6, 6.07) is 19.5. The molecule has 2 aromatic carbocycles. The lowest BCUT2D eigenvalue weighted by molar-refractivity contribution is 0.331. The first-order valence-electron chi connectivity index (χ1n) is 11.4. The standard InChI is InChI=1S/C13H20N2.C13H16N2/c2*14-8-7-12-3-5-13(6-4-12)11-15-9-1-2-10-15/h3-6H,1-2,7-11,14H2;3-6H,1-2,7,9-11H2. The number of nitrogens with two attached hydrogens (primary N) is 1. The van der Waals surface area contributed by atoms with Crippen molar-refractivity contribution in [2.45, 2.75) is 51.6 Å². The zero-order chi connectivity index (χ0) is 21.0. The van der Waals surface area contributed by atoms with E-state index >= 15 is 0 Å². The first-order chi connectivity index (χ1) is 14.8. The van der Waals surface area contributed by atoms with Crippen molar-refractivity contribution in [3.8, 4) is 6.07 Å². The second-order valence-electron chi connectivity index (χ2n) is 8.47. The van der Waals surface area contributed by atoms with Crippen molar-refractivity contribution in [1.29, 1.82) is 5.26 Å². The van der Waals surface area contributed by atoms with Crippen LogP contribution in [-0.2, 0) is 25.9 Å². The molecule has 0 spiro atoms. The lowest BCUT2D eigenvalue weighted by Gasteiger charge is -2.14. The van der Waals surface area contributed by atoms with Gasteiger partial charge in [0.2, 0.25) is 0 Å². The summed E-state index contributed by atoms with van der Waals surface area (Å²) in [4.78, 5) is 5.01. The minimum atomic E-state index is 0.518. The quantitative estimate of drug-likeness (QED) is 0.754. The predicted octanol–water partition coefficient (Wildman–Crippen LogP) is 4.13. The number of hydrogen-bond donors (Lipinski definition) is 1. The molecule has 0 amide bonds. The fourth-order valence-electron chi connectivity index (χ4n) is 4.23. The van der Waals surface area contributed by atoms with E-state index in [1.54, 1.807) is 0 Å². The molecule has 160 valence electrons. The van der Waals surface area contributed by atoms with E-state index in [2.05, 4.69) is 64.4 Å². The van der Waals surface area contributed by atoms with Crippen molar-refractivity contribution in [3.05, 3.63) is 70.8 Å². The normalized spacial score (nSPS) is 16.8. The Morgan fingerprint density at radius 2 is 1.07 bits per heavy atom. The molecule has 2 aliphatic rings. The molecular weight excluding hydrogens is 368 g/mol. The van der Waals surface area contributed by atoms with Crippen LogP contribution in [0.5, 0.6) is 0 Å². The third-order valence-corrected chi connectivity index (χ3v) is 5.97. The van der Waals surface area contributed by atoms with Crippen LogP contribution < -0.4 is 5.73 Å².